The minimum Gasteiger partial charge on any atom is -2.00 e. The molecule has 0 radical (unpaired) electrons. The Labute approximate surface area is 52.0 Å². The average Bonchev–Trinajstić information content (AvgIpc) is 1.00. The van der Waals surface area contributed by atoms with Gasteiger partial charge >= 0.3 is 26.2 Å². The third kappa shape index (κ3) is 57.0. The molecular formula is H2O3SiZr. The summed E-state index contributed by atoms with van der Waals surface area (Å²) in [6, 6.07) is 0. The maximum absolute atomic E-state index is 8.28. The molecule has 0 unspecified atom stereocenters. The molecule has 0 N–H and O–H groups in total. The van der Waals surface area contributed by atoms with E-state index >= 15 is 0 Å². The first-order chi connectivity index (χ1) is 1.00. The molecule has 0 aliphatic carbocycles. The molecular weight excluding hydrogens is 167 g/mol. The average molecular weight is 169 g/mol. The van der Waals surface area contributed by atoms with Gasteiger partial charge in [0.15, 0.2) is 0 Å². The normalized spacial score (nSPS) is 0.800. The summed E-state index contributed by atoms with van der Waals surface area (Å²) in [6.45, 7) is 0. The second-order valence-electron chi connectivity index (χ2n) is 0. The standard InChI is InChI=1S/H2OSi.2O.Zr/c1-2;;;/h2H2;;;/q;2*-2;+4. The van der Waals surface area contributed by atoms with Gasteiger partial charge in [0.1, 0.15) is 0 Å². The molecule has 0 aliphatic heterocycles. The monoisotopic (exact) mass is 168 g/mol. The van der Waals surface area contributed by atoms with E-state index in [9.17, 15) is 0 Å². The van der Waals surface area contributed by atoms with Crippen LogP contribution in [0.25, 0.3) is 0 Å². The van der Waals surface area contributed by atoms with Crippen molar-refractivity contribution in [1.29, 1.82) is 0 Å². The van der Waals surface area contributed by atoms with Crippen molar-refractivity contribution < 1.29 is 41.6 Å². The Morgan fingerprint density at radius 1 is 1.00 bits per heavy atom. The molecule has 0 aromatic carbocycles. The zero-order chi connectivity index (χ0) is 2.00. The predicted octanol–water partition coefficient (Wildman–Crippen LogP) is -1.28. The van der Waals surface area contributed by atoms with Crippen LogP contribution in [-0.4, -0.2) is 10.1 Å². The summed E-state index contributed by atoms with van der Waals surface area (Å²) in [6.07, 6.45) is 0. The topological polar surface area (TPSA) is 74.1 Å². The predicted molar refractivity (Wildman–Crippen MR) is 10.6 cm³/mol. The van der Waals surface area contributed by atoms with Crippen molar-refractivity contribution in [2.24, 2.45) is 0 Å². The molecule has 0 heterocycles. The van der Waals surface area contributed by atoms with Crippen LogP contribution < -0.4 is 0 Å². The smallest absolute Gasteiger partial charge is 2.00 e. The summed E-state index contributed by atoms with van der Waals surface area (Å²) in [5.41, 5.74) is 0. The Morgan fingerprint density at radius 2 is 1.00 bits per heavy atom. The van der Waals surface area contributed by atoms with Gasteiger partial charge in [0.25, 0.3) is 0 Å². The van der Waals surface area contributed by atoms with Crippen LogP contribution in [0.15, 0.2) is 0 Å². The number of hydrogen-bond donors (Lipinski definition) is 0. The molecule has 0 saturated carbocycles. The van der Waals surface area contributed by atoms with Crippen LogP contribution >= 0.6 is 0 Å². The van der Waals surface area contributed by atoms with Crippen molar-refractivity contribution in [3.05, 3.63) is 0 Å². The molecule has 0 spiro atoms. The Balaban J connectivity index is -0.00000000167. The molecule has 28 valence electrons. The molecule has 5 heteroatoms. The third-order valence-electron chi connectivity index (χ3n) is 0. The summed E-state index contributed by atoms with van der Waals surface area (Å²) in [5, 5.41) is 0. The van der Waals surface area contributed by atoms with Crippen LogP contribution in [0.2, 0.25) is 0 Å². The molecule has 0 amide bonds. The third-order valence-corrected chi connectivity index (χ3v) is 0. The SMILES string of the molecule is O=[SiH2].[O-2].[O-2].[Zr+4]. The Hall–Kier alpha value is 0.820. The van der Waals surface area contributed by atoms with E-state index in [-0.39, 0.29) is 37.2 Å². The Kier molecular flexibility index (Phi) is 854. The second-order valence-corrected chi connectivity index (χ2v) is 0. The van der Waals surface area contributed by atoms with Crippen LogP contribution in [0.3, 0.4) is 0 Å². The molecule has 0 saturated heterocycles. The van der Waals surface area contributed by atoms with Gasteiger partial charge in [-0.3, -0.25) is 0 Å². The molecule has 3 nitrogen and oxygen atoms in total. The van der Waals surface area contributed by atoms with Gasteiger partial charge in [0.2, 0.25) is 10.1 Å². The first kappa shape index (κ1) is 40.8. The van der Waals surface area contributed by atoms with Crippen molar-refractivity contribution in [2.45, 2.75) is 0 Å². The van der Waals surface area contributed by atoms with Crippen LogP contribution in [0, 0.1) is 0 Å². The summed E-state index contributed by atoms with van der Waals surface area (Å²) < 4.78 is 8.28. The summed E-state index contributed by atoms with van der Waals surface area (Å²) in [5.74, 6) is 0. The summed E-state index contributed by atoms with van der Waals surface area (Å²) >= 11 is 0. The molecule has 0 aliphatic rings. The number of hydrogen-bond acceptors (Lipinski definition) is 1. The molecule has 0 atom stereocenters. The van der Waals surface area contributed by atoms with Gasteiger partial charge in [-0.15, -0.1) is 0 Å². The van der Waals surface area contributed by atoms with E-state index in [1.165, 1.54) is 0 Å². The summed E-state index contributed by atoms with van der Waals surface area (Å²) in [4.78, 5) is 0. The van der Waals surface area contributed by atoms with Crippen molar-refractivity contribution in [2.75, 3.05) is 0 Å². The van der Waals surface area contributed by atoms with E-state index in [2.05, 4.69) is 0 Å². The van der Waals surface area contributed by atoms with Crippen LogP contribution in [0.1, 0.15) is 0 Å². The van der Waals surface area contributed by atoms with Crippen molar-refractivity contribution >= 4 is 10.1 Å². The van der Waals surface area contributed by atoms with E-state index in [1.54, 1.807) is 0 Å². The van der Waals surface area contributed by atoms with Crippen molar-refractivity contribution in [1.82, 2.24) is 0 Å². The molecule has 5 heavy (non-hydrogen) atoms. The van der Waals surface area contributed by atoms with E-state index in [0.29, 0.717) is 10.1 Å². The first-order valence-electron chi connectivity index (χ1n) is 0.289. The second kappa shape index (κ2) is 105. The van der Waals surface area contributed by atoms with Gasteiger partial charge in [-0.25, -0.2) is 0 Å². The van der Waals surface area contributed by atoms with Crippen LogP contribution in [0.5, 0.6) is 0 Å². The fourth-order valence-corrected chi connectivity index (χ4v) is 0. The van der Waals surface area contributed by atoms with Gasteiger partial charge in [-0.1, -0.05) is 0 Å². The fourth-order valence-electron chi connectivity index (χ4n) is 0. The van der Waals surface area contributed by atoms with E-state index in [0.717, 1.165) is 0 Å². The van der Waals surface area contributed by atoms with E-state index in [4.69, 9.17) is 4.46 Å². The van der Waals surface area contributed by atoms with Crippen LogP contribution in [0.4, 0.5) is 0 Å². The van der Waals surface area contributed by atoms with Gasteiger partial charge in [0, 0.05) is 0 Å². The molecule has 0 bridgehead atoms. The van der Waals surface area contributed by atoms with E-state index < -0.39 is 0 Å². The minimum atomic E-state index is 0. The van der Waals surface area contributed by atoms with Gasteiger partial charge in [-0.2, -0.15) is 0 Å². The molecule has 0 aromatic heterocycles. The fraction of sp³-hybridized carbons (Fsp3) is 0. The van der Waals surface area contributed by atoms with Crippen LogP contribution in [-0.2, 0) is 41.6 Å². The quantitative estimate of drug-likeness (QED) is 0.416. The van der Waals surface area contributed by atoms with Gasteiger partial charge < -0.3 is 15.4 Å². The molecule has 0 aromatic rings. The maximum Gasteiger partial charge on any atom is 4.00 e. The van der Waals surface area contributed by atoms with Gasteiger partial charge in [0.05, 0.1) is 0 Å². The minimum absolute atomic E-state index is 0. The zero-order valence-electron chi connectivity index (χ0n) is 2.43. The van der Waals surface area contributed by atoms with Gasteiger partial charge in [-0.05, 0) is 0 Å². The summed E-state index contributed by atoms with van der Waals surface area (Å²) in [7, 11) is 0.611. The molecule has 0 rings (SSSR count). The van der Waals surface area contributed by atoms with Crippen molar-refractivity contribution in [3.8, 4) is 0 Å². The zero-order valence-corrected chi connectivity index (χ0v) is 6.30. The Morgan fingerprint density at radius 3 is 1.00 bits per heavy atom. The van der Waals surface area contributed by atoms with E-state index in [1.807, 2.05) is 0 Å². The Bertz CT molecular complexity index is 6.85. The van der Waals surface area contributed by atoms with Crippen molar-refractivity contribution in [3.63, 3.8) is 0 Å². The largest absolute Gasteiger partial charge is 4.00 e. The number of rotatable bonds is 0. The first-order valence-corrected chi connectivity index (χ1v) is 0.866. The maximum atomic E-state index is 8.28. The molecule has 0 fully saturated rings.